The number of hydrogen-bond acceptors (Lipinski definition) is 4. The molecular weight excluding hydrogens is 258 g/mol. The first kappa shape index (κ1) is 14.4. The van der Waals surface area contributed by atoms with Crippen LogP contribution in [-0.4, -0.2) is 24.0 Å². The Morgan fingerprint density at radius 1 is 1.53 bits per heavy atom. The van der Waals surface area contributed by atoms with Gasteiger partial charge in [-0.2, -0.15) is 0 Å². The number of carbonyl (C=O) groups excluding carboxylic acids is 1. The van der Waals surface area contributed by atoms with Crippen LogP contribution >= 0.6 is 23.7 Å². The monoisotopic (exact) mass is 275 g/mol. The van der Waals surface area contributed by atoms with E-state index in [-0.39, 0.29) is 24.2 Å². The van der Waals surface area contributed by atoms with E-state index >= 15 is 0 Å². The summed E-state index contributed by atoms with van der Waals surface area (Å²) >= 11 is 1.54. The number of aryl methyl sites for hydroxylation is 2. The molecule has 96 valence electrons. The van der Waals surface area contributed by atoms with Crippen molar-refractivity contribution in [3.63, 3.8) is 0 Å². The quantitative estimate of drug-likeness (QED) is 0.869. The maximum atomic E-state index is 11.9. The Balaban J connectivity index is 0.00000144. The molecular formula is C11H18ClN3OS. The molecule has 1 amide bonds. The van der Waals surface area contributed by atoms with Gasteiger partial charge in [0.15, 0.2) is 5.13 Å². The van der Waals surface area contributed by atoms with Crippen molar-refractivity contribution in [1.82, 2.24) is 10.3 Å². The molecule has 4 nitrogen and oxygen atoms in total. The van der Waals surface area contributed by atoms with Crippen LogP contribution in [0.3, 0.4) is 0 Å². The van der Waals surface area contributed by atoms with Crippen molar-refractivity contribution >= 4 is 34.8 Å². The fourth-order valence-electron chi connectivity index (χ4n) is 1.81. The van der Waals surface area contributed by atoms with Crippen molar-refractivity contribution in [2.75, 3.05) is 18.4 Å². The second-order valence-electron chi connectivity index (χ2n) is 4.19. The molecule has 0 saturated carbocycles. The number of halogens is 1. The van der Waals surface area contributed by atoms with Gasteiger partial charge in [0.1, 0.15) is 0 Å². The number of anilines is 1. The van der Waals surface area contributed by atoms with Crippen LogP contribution in [0.5, 0.6) is 0 Å². The van der Waals surface area contributed by atoms with Crippen LogP contribution in [0, 0.1) is 19.8 Å². The van der Waals surface area contributed by atoms with Crippen molar-refractivity contribution in [3.8, 4) is 0 Å². The number of piperidine rings is 1. The lowest BCUT2D eigenvalue weighted by Gasteiger charge is -2.21. The van der Waals surface area contributed by atoms with Gasteiger partial charge in [0, 0.05) is 11.4 Å². The molecule has 2 N–H and O–H groups in total. The highest BCUT2D eigenvalue weighted by molar-refractivity contribution is 7.15. The van der Waals surface area contributed by atoms with E-state index in [0.717, 1.165) is 41.6 Å². The lowest BCUT2D eigenvalue weighted by atomic mass is 9.99. The van der Waals surface area contributed by atoms with Gasteiger partial charge in [0.2, 0.25) is 5.91 Å². The van der Waals surface area contributed by atoms with Crippen LogP contribution in [0.2, 0.25) is 0 Å². The van der Waals surface area contributed by atoms with Crippen molar-refractivity contribution < 1.29 is 4.79 Å². The molecule has 1 aliphatic rings. The number of aromatic nitrogens is 1. The Hall–Kier alpha value is -0.650. The van der Waals surface area contributed by atoms with Crippen molar-refractivity contribution in [3.05, 3.63) is 10.6 Å². The number of rotatable bonds is 2. The lowest BCUT2D eigenvalue weighted by Crippen LogP contribution is -2.37. The van der Waals surface area contributed by atoms with E-state index in [1.54, 1.807) is 11.3 Å². The average molecular weight is 276 g/mol. The Morgan fingerprint density at radius 2 is 2.29 bits per heavy atom. The number of thiazole rings is 1. The van der Waals surface area contributed by atoms with E-state index in [2.05, 4.69) is 15.6 Å². The van der Waals surface area contributed by atoms with Crippen molar-refractivity contribution in [1.29, 1.82) is 0 Å². The summed E-state index contributed by atoms with van der Waals surface area (Å²) in [5.74, 6) is 0.194. The van der Waals surface area contributed by atoms with Crippen LogP contribution in [0.25, 0.3) is 0 Å². The molecule has 1 unspecified atom stereocenters. The molecule has 1 aromatic heterocycles. The van der Waals surface area contributed by atoms with E-state index in [1.807, 2.05) is 13.8 Å². The SMILES string of the molecule is Cc1nc(NC(=O)C2CCCNC2)sc1C.Cl. The number of hydrogen-bond donors (Lipinski definition) is 2. The van der Waals surface area contributed by atoms with Crippen LogP contribution in [0.4, 0.5) is 5.13 Å². The molecule has 1 aromatic rings. The Bertz CT molecular complexity index is 369. The van der Waals surface area contributed by atoms with Gasteiger partial charge >= 0.3 is 0 Å². The van der Waals surface area contributed by atoms with Gasteiger partial charge in [-0.05, 0) is 33.2 Å². The van der Waals surface area contributed by atoms with Gasteiger partial charge < -0.3 is 10.6 Å². The summed E-state index contributed by atoms with van der Waals surface area (Å²) in [6.07, 6.45) is 2.05. The first-order valence-corrected chi connectivity index (χ1v) is 6.44. The third-order valence-corrected chi connectivity index (χ3v) is 3.91. The van der Waals surface area contributed by atoms with Crippen LogP contribution < -0.4 is 10.6 Å². The molecule has 0 aliphatic carbocycles. The summed E-state index contributed by atoms with van der Waals surface area (Å²) in [6.45, 7) is 5.79. The Morgan fingerprint density at radius 3 is 2.82 bits per heavy atom. The van der Waals surface area contributed by atoms with Gasteiger partial charge in [0.25, 0.3) is 0 Å². The molecule has 6 heteroatoms. The molecule has 1 saturated heterocycles. The summed E-state index contributed by atoms with van der Waals surface area (Å²) < 4.78 is 0. The maximum Gasteiger partial charge on any atom is 0.230 e. The Kier molecular flexibility index (Phi) is 5.36. The van der Waals surface area contributed by atoms with Gasteiger partial charge in [-0.25, -0.2) is 4.98 Å². The average Bonchev–Trinajstić information content (AvgIpc) is 2.59. The van der Waals surface area contributed by atoms with Crippen LogP contribution in [0.1, 0.15) is 23.4 Å². The third-order valence-electron chi connectivity index (χ3n) is 2.93. The number of nitrogens with one attached hydrogen (secondary N) is 2. The summed E-state index contributed by atoms with van der Waals surface area (Å²) in [4.78, 5) is 17.4. The molecule has 1 fully saturated rings. The number of carbonyl (C=O) groups is 1. The summed E-state index contributed by atoms with van der Waals surface area (Å²) in [5.41, 5.74) is 1.00. The van der Waals surface area contributed by atoms with E-state index in [0.29, 0.717) is 0 Å². The highest BCUT2D eigenvalue weighted by Gasteiger charge is 2.21. The highest BCUT2D eigenvalue weighted by Crippen LogP contribution is 2.22. The molecule has 1 atom stereocenters. The van der Waals surface area contributed by atoms with E-state index in [4.69, 9.17) is 0 Å². The fourth-order valence-corrected chi connectivity index (χ4v) is 2.63. The Labute approximate surface area is 112 Å². The largest absolute Gasteiger partial charge is 0.316 e. The highest BCUT2D eigenvalue weighted by atomic mass is 35.5. The third kappa shape index (κ3) is 3.66. The van der Waals surface area contributed by atoms with Gasteiger partial charge in [-0.15, -0.1) is 23.7 Å². The van der Waals surface area contributed by atoms with E-state index in [1.165, 1.54) is 0 Å². The van der Waals surface area contributed by atoms with Gasteiger partial charge in [-0.3, -0.25) is 4.79 Å². The second-order valence-corrected chi connectivity index (χ2v) is 5.40. The zero-order valence-corrected chi connectivity index (χ0v) is 11.7. The van der Waals surface area contributed by atoms with Crippen LogP contribution in [-0.2, 0) is 4.79 Å². The minimum absolute atomic E-state index is 0. The maximum absolute atomic E-state index is 11.9. The minimum atomic E-state index is 0. The van der Waals surface area contributed by atoms with Crippen LogP contribution in [0.15, 0.2) is 0 Å². The smallest absolute Gasteiger partial charge is 0.230 e. The minimum Gasteiger partial charge on any atom is -0.316 e. The molecule has 0 aromatic carbocycles. The molecule has 17 heavy (non-hydrogen) atoms. The fraction of sp³-hybridized carbons (Fsp3) is 0.636. The van der Waals surface area contributed by atoms with E-state index < -0.39 is 0 Å². The topological polar surface area (TPSA) is 54.0 Å². The predicted octanol–water partition coefficient (Wildman–Crippen LogP) is 2.12. The first-order valence-electron chi connectivity index (χ1n) is 5.62. The number of nitrogens with zero attached hydrogens (tertiary/aromatic N) is 1. The lowest BCUT2D eigenvalue weighted by molar-refractivity contribution is -0.120. The number of amides is 1. The standard InChI is InChI=1S/C11H17N3OS.ClH/c1-7-8(2)16-11(13-7)14-10(15)9-4-3-5-12-6-9;/h9,12H,3-6H2,1-2H3,(H,13,14,15);1H. The summed E-state index contributed by atoms with van der Waals surface area (Å²) in [6, 6.07) is 0. The zero-order valence-electron chi connectivity index (χ0n) is 10.1. The van der Waals surface area contributed by atoms with Gasteiger partial charge in [0.05, 0.1) is 11.6 Å². The molecule has 2 heterocycles. The second kappa shape index (κ2) is 6.33. The van der Waals surface area contributed by atoms with Crippen molar-refractivity contribution in [2.24, 2.45) is 5.92 Å². The molecule has 2 rings (SSSR count). The zero-order chi connectivity index (χ0) is 11.5. The molecule has 0 radical (unpaired) electrons. The van der Waals surface area contributed by atoms with E-state index in [9.17, 15) is 4.79 Å². The summed E-state index contributed by atoms with van der Waals surface area (Å²) in [7, 11) is 0. The van der Waals surface area contributed by atoms with Crippen molar-refractivity contribution in [2.45, 2.75) is 26.7 Å². The van der Waals surface area contributed by atoms with Gasteiger partial charge in [-0.1, -0.05) is 0 Å². The normalized spacial score (nSPS) is 19.5. The predicted molar refractivity (Wildman–Crippen MR) is 73.1 cm³/mol. The summed E-state index contributed by atoms with van der Waals surface area (Å²) in [5, 5.41) is 6.87. The first-order chi connectivity index (χ1) is 7.66. The molecule has 0 bridgehead atoms. The molecule has 1 aliphatic heterocycles. The molecule has 0 spiro atoms.